The van der Waals surface area contributed by atoms with Crippen molar-refractivity contribution in [1.82, 2.24) is 14.5 Å². The van der Waals surface area contributed by atoms with Gasteiger partial charge < -0.3 is 5.11 Å². The van der Waals surface area contributed by atoms with E-state index in [0.717, 1.165) is 66.8 Å². The first-order valence-electron chi connectivity index (χ1n) is 22.7. The summed E-state index contributed by atoms with van der Waals surface area (Å²) in [6.07, 6.45) is 1.85. The van der Waals surface area contributed by atoms with Gasteiger partial charge in [-0.05, 0) is 93.9 Å². The molecule has 7 aromatic carbocycles. The molecule has 0 radical (unpaired) electrons. The molecule has 0 amide bonds. The SMILES string of the molecule is [2H]C([2H])([2H])c1cc(-n2c(-c3cc(C(C)(C)C)cc(C(C)(C)C)c3O)nc3c(-c4[c-]c(-c5cc(-c6ccc(C)cc6)ccn5)cc(-c5ccccc5)c4)cccc32)ccc1-c1ccccc1.[Pt]. The van der Waals surface area contributed by atoms with E-state index < -0.39 is 12.3 Å². The number of nitrogens with zero attached hydrogens (tertiary/aromatic N) is 3. The molecule has 4 nitrogen and oxygen atoms in total. The van der Waals surface area contributed by atoms with Gasteiger partial charge in [-0.25, -0.2) is 4.98 Å². The molecule has 2 heterocycles. The van der Waals surface area contributed by atoms with Gasteiger partial charge in [0.1, 0.15) is 11.6 Å². The third-order valence-electron chi connectivity index (χ3n) is 11.7. The predicted octanol–water partition coefficient (Wildman–Crippen LogP) is 15.1. The molecule has 0 unspecified atom stereocenters. The number of fused-ring (bicyclic) bond motifs is 1. The molecule has 0 aliphatic rings. The molecule has 0 spiro atoms. The number of hydrogen-bond donors (Lipinski definition) is 1. The van der Waals surface area contributed by atoms with Gasteiger partial charge in [-0.1, -0.05) is 179 Å². The molecule has 2 aromatic heterocycles. The van der Waals surface area contributed by atoms with Crippen LogP contribution in [0.4, 0.5) is 0 Å². The van der Waals surface area contributed by atoms with Gasteiger partial charge in [0.25, 0.3) is 0 Å². The van der Waals surface area contributed by atoms with Crippen LogP contribution >= 0.6 is 0 Å². The first kappa shape index (κ1) is 39.5. The Morgan fingerprint density at radius 1 is 0.587 bits per heavy atom. The zero-order valence-electron chi connectivity index (χ0n) is 39.7. The Morgan fingerprint density at radius 3 is 1.95 bits per heavy atom. The molecule has 0 aliphatic carbocycles. The minimum Gasteiger partial charge on any atom is -0.507 e. The second kappa shape index (κ2) is 17.1. The number of para-hydroxylation sites is 1. The number of imidazole rings is 1. The van der Waals surface area contributed by atoms with E-state index in [0.29, 0.717) is 28.2 Å². The van der Waals surface area contributed by atoms with E-state index in [9.17, 15) is 5.11 Å². The molecule has 1 N–H and O–H groups in total. The van der Waals surface area contributed by atoms with Crippen LogP contribution in [-0.2, 0) is 31.9 Å². The van der Waals surface area contributed by atoms with E-state index in [1.54, 1.807) is 6.07 Å². The Balaban J connectivity index is 0.00000592. The summed E-state index contributed by atoms with van der Waals surface area (Å²) in [5.41, 5.74) is 14.1. The molecule has 9 aromatic rings. The van der Waals surface area contributed by atoms with Crippen molar-refractivity contribution in [3.63, 3.8) is 0 Å². The summed E-state index contributed by atoms with van der Waals surface area (Å²) in [5, 5.41) is 12.4. The minimum absolute atomic E-state index is 0. The fourth-order valence-electron chi connectivity index (χ4n) is 8.26. The molecule has 316 valence electrons. The van der Waals surface area contributed by atoms with Crippen LogP contribution in [0.5, 0.6) is 5.75 Å². The molecule has 9 rings (SSSR count). The number of phenolic OH excluding ortho intramolecular Hbond substituents is 1. The van der Waals surface area contributed by atoms with Gasteiger partial charge in [0.05, 0.1) is 16.6 Å². The summed E-state index contributed by atoms with van der Waals surface area (Å²) in [4.78, 5) is 10.4. The van der Waals surface area contributed by atoms with Gasteiger partial charge in [0, 0.05) is 48.3 Å². The molecular formula is C58H52N3OPt-. The zero-order chi connectivity index (χ0) is 45.8. The van der Waals surface area contributed by atoms with Crippen LogP contribution in [0.3, 0.4) is 0 Å². The smallest absolute Gasteiger partial charge is 0.148 e. The Hall–Kier alpha value is -6.35. The van der Waals surface area contributed by atoms with Crippen molar-refractivity contribution in [1.29, 1.82) is 0 Å². The van der Waals surface area contributed by atoms with Crippen molar-refractivity contribution in [2.45, 2.75) is 66.1 Å². The summed E-state index contributed by atoms with van der Waals surface area (Å²) in [7, 11) is 0. The Labute approximate surface area is 390 Å². The van der Waals surface area contributed by atoms with Gasteiger partial charge >= 0.3 is 0 Å². The maximum Gasteiger partial charge on any atom is 0.148 e. The Bertz CT molecular complexity index is 3220. The fourth-order valence-corrected chi connectivity index (χ4v) is 8.26. The van der Waals surface area contributed by atoms with E-state index in [1.165, 1.54) is 5.56 Å². The Morgan fingerprint density at radius 2 is 1.27 bits per heavy atom. The van der Waals surface area contributed by atoms with Crippen LogP contribution in [-0.4, -0.2) is 19.6 Å². The molecular weight excluding hydrogens is 950 g/mol. The third-order valence-corrected chi connectivity index (χ3v) is 11.7. The molecule has 0 aliphatic heterocycles. The van der Waals surface area contributed by atoms with Crippen LogP contribution in [0.2, 0.25) is 0 Å². The minimum atomic E-state index is -2.43. The summed E-state index contributed by atoms with van der Waals surface area (Å²) in [6.45, 7) is 12.5. The average molecular weight is 1010 g/mol. The molecule has 0 saturated heterocycles. The van der Waals surface area contributed by atoms with Gasteiger partial charge in [-0.3, -0.25) is 9.55 Å². The Kier molecular flexibility index (Phi) is 10.7. The second-order valence-electron chi connectivity index (χ2n) is 18.3. The van der Waals surface area contributed by atoms with Crippen molar-refractivity contribution < 1.29 is 30.3 Å². The molecule has 0 atom stereocenters. The molecule has 0 saturated carbocycles. The second-order valence-corrected chi connectivity index (χ2v) is 18.3. The largest absolute Gasteiger partial charge is 0.507 e. The number of phenols is 1. The van der Waals surface area contributed by atoms with Gasteiger partial charge in [-0.15, -0.1) is 23.8 Å². The predicted molar refractivity (Wildman–Crippen MR) is 259 cm³/mol. The number of benzene rings is 7. The maximum absolute atomic E-state index is 12.4. The maximum atomic E-state index is 12.4. The van der Waals surface area contributed by atoms with Crippen LogP contribution in [0.25, 0.3) is 83.9 Å². The quantitative estimate of drug-likeness (QED) is 0.162. The van der Waals surface area contributed by atoms with Crippen molar-refractivity contribution in [3.8, 4) is 78.6 Å². The monoisotopic (exact) mass is 1000 g/mol. The standard InChI is InChI=1S/C58H52N3O.Pt/c1-37-22-24-40(25-23-37)42-28-29-59-52(34-42)45-32-43(39-16-11-9-12-17-39)31-44(33-45)49-20-15-21-53-54(49)60-56(50-35-46(57(3,4)5)36-51(55(50)62)58(6,7)8)61(53)47-26-27-48(38(2)30-47)41-18-13-10-14-19-41;/h9-32,34-36,62H,1-8H3;/q-1;/i2D3;. The number of hydrogen-bond acceptors (Lipinski definition) is 3. The fraction of sp³-hybridized carbons (Fsp3) is 0.172. The van der Waals surface area contributed by atoms with E-state index in [2.05, 4.69) is 121 Å². The molecule has 5 heteroatoms. The van der Waals surface area contributed by atoms with Gasteiger partial charge in [0.2, 0.25) is 0 Å². The number of aryl methyl sites for hydroxylation is 2. The molecule has 63 heavy (non-hydrogen) atoms. The molecule has 0 fully saturated rings. The van der Waals surface area contributed by atoms with Crippen molar-refractivity contribution >= 4 is 11.0 Å². The van der Waals surface area contributed by atoms with E-state index >= 15 is 0 Å². The summed E-state index contributed by atoms with van der Waals surface area (Å²) >= 11 is 0. The van der Waals surface area contributed by atoms with Crippen LogP contribution in [0, 0.1) is 19.8 Å². The summed E-state index contributed by atoms with van der Waals surface area (Å²) < 4.78 is 28.3. The number of aromatic hydroxyl groups is 1. The zero-order valence-corrected chi connectivity index (χ0v) is 39.0. The normalized spacial score (nSPS) is 12.7. The van der Waals surface area contributed by atoms with Crippen molar-refractivity contribution in [2.75, 3.05) is 0 Å². The van der Waals surface area contributed by atoms with Gasteiger partial charge in [0.15, 0.2) is 0 Å². The molecule has 0 bridgehead atoms. The summed E-state index contributed by atoms with van der Waals surface area (Å²) in [6, 6.07) is 56.4. The first-order chi connectivity index (χ1) is 30.9. The average Bonchev–Trinajstić information content (AvgIpc) is 3.68. The van der Waals surface area contributed by atoms with Gasteiger partial charge in [-0.2, -0.15) is 0 Å². The van der Waals surface area contributed by atoms with E-state index in [1.807, 2.05) is 95.7 Å². The third kappa shape index (κ3) is 8.58. The van der Waals surface area contributed by atoms with Crippen molar-refractivity contribution in [2.24, 2.45) is 0 Å². The van der Waals surface area contributed by atoms with Crippen LogP contribution < -0.4 is 0 Å². The van der Waals surface area contributed by atoms with Crippen molar-refractivity contribution in [3.05, 3.63) is 192 Å². The van der Waals surface area contributed by atoms with Crippen LogP contribution in [0.15, 0.2) is 164 Å². The first-order valence-corrected chi connectivity index (χ1v) is 21.2. The topological polar surface area (TPSA) is 50.9 Å². The number of aromatic nitrogens is 3. The summed E-state index contributed by atoms with van der Waals surface area (Å²) in [5.74, 6) is 0.636. The number of rotatable bonds is 7. The van der Waals surface area contributed by atoms with Crippen LogP contribution in [0.1, 0.15) is 67.9 Å². The number of pyridine rings is 1. The van der Waals surface area contributed by atoms with E-state index in [4.69, 9.17) is 14.1 Å². The van der Waals surface area contributed by atoms with E-state index in [-0.39, 0.29) is 37.8 Å².